The highest BCUT2D eigenvalue weighted by Crippen LogP contribution is 2.49. The predicted octanol–water partition coefficient (Wildman–Crippen LogP) is 9.20. The highest BCUT2D eigenvalue weighted by atomic mass is 32.1. The van der Waals surface area contributed by atoms with Crippen LogP contribution in [0, 0.1) is 12.3 Å². The summed E-state index contributed by atoms with van der Waals surface area (Å²) in [6.07, 6.45) is 9.56. The minimum absolute atomic E-state index is 0.00879. The fraction of sp³-hybridized carbons (Fsp3) is 0.516. The number of β-amino-alcohol motifs (C(OH)–C–C–N with tert-alkyl or cyclic N) is 1. The van der Waals surface area contributed by atoms with Gasteiger partial charge in [-0.2, -0.15) is 0 Å². The molecule has 0 radical (unpaired) electrons. The van der Waals surface area contributed by atoms with E-state index in [1.54, 1.807) is 45.3 Å². The number of amides is 6. The fourth-order valence-corrected chi connectivity index (χ4v) is 12.5. The van der Waals surface area contributed by atoms with Crippen LogP contribution >= 0.6 is 11.3 Å². The van der Waals surface area contributed by atoms with E-state index >= 15 is 0 Å². The number of likely N-dealkylation sites (tertiary alicyclic amines) is 1. The predicted molar refractivity (Wildman–Crippen MR) is 318 cm³/mol. The van der Waals surface area contributed by atoms with Crippen LogP contribution in [0.15, 0.2) is 84.4 Å². The van der Waals surface area contributed by atoms with Gasteiger partial charge in [-0.3, -0.25) is 33.7 Å². The molecule has 17 nitrogen and oxygen atoms in total. The van der Waals surface area contributed by atoms with Crippen molar-refractivity contribution in [1.82, 2.24) is 40.2 Å². The molecular weight excluding hydrogens is 1070 g/mol. The van der Waals surface area contributed by atoms with E-state index < -0.39 is 47.0 Å². The Balaban J connectivity index is 0.669. The zero-order valence-corrected chi connectivity index (χ0v) is 49.8. The molecule has 444 valence electrons. The van der Waals surface area contributed by atoms with Crippen LogP contribution in [0.1, 0.15) is 160 Å². The van der Waals surface area contributed by atoms with Crippen LogP contribution in [0.3, 0.4) is 0 Å². The van der Waals surface area contributed by atoms with Crippen LogP contribution in [0.2, 0.25) is 0 Å². The number of unbranched alkanes of at least 4 members (excludes halogenated alkanes) is 6. The summed E-state index contributed by atoms with van der Waals surface area (Å²) in [7, 11) is 3.52. The number of nitrogens with zero attached hydrogens (tertiary/aromatic N) is 5. The molecule has 1 saturated heterocycles. The van der Waals surface area contributed by atoms with E-state index in [0.717, 1.165) is 117 Å². The number of hydrogen-bond donors (Lipinski definition) is 5. The van der Waals surface area contributed by atoms with Gasteiger partial charge >= 0.3 is 0 Å². The topological polar surface area (TPSA) is 208 Å². The molecule has 3 fully saturated rings. The monoisotopic (exact) mass is 1160 g/mol. The van der Waals surface area contributed by atoms with Crippen molar-refractivity contribution in [1.29, 1.82) is 0 Å². The summed E-state index contributed by atoms with van der Waals surface area (Å²) in [5.41, 5.74) is 6.90. The molecule has 0 bridgehead atoms. The molecule has 4 heterocycles. The second-order valence-corrected chi connectivity index (χ2v) is 25.3. The minimum atomic E-state index is -1.97. The molecule has 19 heteroatoms. The molecule has 2 aliphatic heterocycles. The number of hydrogen-bond acceptors (Lipinski definition) is 11. The number of nitrogens with one attached hydrogen (secondary N) is 4. The number of rotatable bonds is 25. The Morgan fingerprint density at radius 1 is 0.843 bits per heavy atom. The first kappa shape index (κ1) is 60.6. The first-order chi connectivity index (χ1) is 39.7. The number of carbonyl (C=O) groups excluding carboxylic acids is 6. The maximum absolute atomic E-state index is 14.7. The standard InChI is InChI=1S/C64H82FN9O8S/c1-42-55(83-41-68-42)46-22-23-47(38-67-58(78)51-36-49(75)40-74(51)60(80)56(62(2,3)4)70-61(81)63(65)30-31-63)52(35-46)82-34-13-11-9-7-8-10-12-15-54(76)69-48-24-18-43(19-25-48)37-66-57(77)50-26-27-53-64(28-14-29-64)72(32-33-73(50)53)39-44-16-20-45(21-17-44)59(79)71(5)6/h16-27,35,41,49,51,56,75H,7-15,28-34,36-40H2,1-6H3,(H,66,77)(H,67,78)(H,69,76)(H,70,81)/t49-,51+,56-/m1/s1. The highest BCUT2D eigenvalue weighted by molar-refractivity contribution is 7.13. The van der Waals surface area contributed by atoms with Crippen molar-refractivity contribution in [3.05, 3.63) is 124 Å². The number of aryl methyl sites for hydroxylation is 1. The van der Waals surface area contributed by atoms with Gasteiger partial charge in [0, 0.05) is 88.7 Å². The molecule has 9 rings (SSSR count). The Hall–Kier alpha value is -6.96. The maximum Gasteiger partial charge on any atom is 0.268 e. The van der Waals surface area contributed by atoms with Gasteiger partial charge in [0.1, 0.15) is 23.5 Å². The molecule has 6 amide bonds. The SMILES string of the molecule is Cc1ncsc1-c1ccc(CNC(=O)[C@@H]2C[C@@H](O)CN2C(=O)[C@@H](NC(=O)C2(F)CC2)C(C)(C)C)c(OCCCCCCCCCC(=O)Nc2ccc(CNC(=O)c3ccc4n3CCN(Cc3ccc(C(=O)N(C)C)cc3)C43CCC3)cc2)c1. The van der Waals surface area contributed by atoms with Crippen molar-refractivity contribution in [2.75, 3.05) is 39.1 Å². The van der Waals surface area contributed by atoms with E-state index in [1.807, 2.05) is 79.7 Å². The number of aliphatic hydroxyl groups excluding tert-OH is 1. The Morgan fingerprint density at radius 2 is 1.54 bits per heavy atom. The van der Waals surface area contributed by atoms with Crippen LogP contribution < -0.4 is 26.0 Å². The third kappa shape index (κ3) is 14.5. The molecule has 2 aromatic heterocycles. The second kappa shape index (κ2) is 26.3. The van der Waals surface area contributed by atoms with E-state index in [0.29, 0.717) is 36.6 Å². The molecule has 1 spiro atoms. The van der Waals surface area contributed by atoms with Crippen molar-refractivity contribution >= 4 is 52.5 Å². The van der Waals surface area contributed by atoms with Gasteiger partial charge in [0.2, 0.25) is 17.7 Å². The van der Waals surface area contributed by atoms with Crippen LogP contribution in [0.5, 0.6) is 5.75 Å². The number of ether oxygens (including phenoxy) is 1. The summed E-state index contributed by atoms with van der Waals surface area (Å²) < 4.78 is 23.3. The van der Waals surface area contributed by atoms with E-state index in [1.165, 1.54) is 27.5 Å². The molecule has 5 N–H and O–H groups in total. The zero-order valence-electron chi connectivity index (χ0n) is 49.0. The third-order valence-electron chi connectivity index (χ3n) is 16.9. The van der Waals surface area contributed by atoms with Crippen molar-refractivity contribution < 1.29 is 43.0 Å². The fourth-order valence-electron chi connectivity index (χ4n) is 11.7. The Labute approximate surface area is 491 Å². The lowest BCUT2D eigenvalue weighted by Gasteiger charge is -2.53. The van der Waals surface area contributed by atoms with Gasteiger partial charge in [0.15, 0.2) is 5.67 Å². The number of aromatic nitrogens is 2. The van der Waals surface area contributed by atoms with Crippen LogP contribution in [0.25, 0.3) is 10.4 Å². The third-order valence-corrected chi connectivity index (χ3v) is 17.9. The van der Waals surface area contributed by atoms with Gasteiger partial charge in [0.25, 0.3) is 17.7 Å². The average Bonchev–Trinajstić information content (AvgIpc) is 2.95. The van der Waals surface area contributed by atoms with Crippen molar-refractivity contribution in [2.24, 2.45) is 5.41 Å². The van der Waals surface area contributed by atoms with Gasteiger partial charge in [-0.15, -0.1) is 11.3 Å². The van der Waals surface area contributed by atoms with E-state index in [4.69, 9.17) is 4.74 Å². The number of carbonyl (C=O) groups is 6. The summed E-state index contributed by atoms with van der Waals surface area (Å²) in [5.74, 6) is -1.33. The Bertz CT molecular complexity index is 3120. The molecule has 83 heavy (non-hydrogen) atoms. The number of halogens is 1. The second-order valence-electron chi connectivity index (χ2n) is 24.4. The molecule has 2 saturated carbocycles. The number of anilines is 1. The Kier molecular flexibility index (Phi) is 19.2. The quantitative estimate of drug-likeness (QED) is 0.0350. The van der Waals surface area contributed by atoms with E-state index in [2.05, 4.69) is 41.8 Å². The minimum Gasteiger partial charge on any atom is -0.493 e. The molecule has 0 unspecified atom stereocenters. The van der Waals surface area contributed by atoms with Gasteiger partial charge in [-0.05, 0) is 116 Å². The lowest BCUT2D eigenvalue weighted by Crippen LogP contribution is -2.59. The van der Waals surface area contributed by atoms with E-state index in [-0.39, 0.29) is 55.6 Å². The molecule has 4 aliphatic rings. The number of thiazole rings is 1. The lowest BCUT2D eigenvalue weighted by atomic mass is 9.71. The first-order valence-electron chi connectivity index (χ1n) is 29.6. The van der Waals surface area contributed by atoms with Gasteiger partial charge in [-0.1, -0.05) is 89.3 Å². The van der Waals surface area contributed by atoms with Crippen molar-refractivity contribution in [3.63, 3.8) is 0 Å². The number of alkyl halides is 1. The van der Waals surface area contributed by atoms with Crippen LogP contribution in [-0.4, -0.2) is 122 Å². The summed E-state index contributed by atoms with van der Waals surface area (Å²) in [6.45, 7) is 10.5. The lowest BCUT2D eigenvalue weighted by molar-refractivity contribution is -0.145. The summed E-state index contributed by atoms with van der Waals surface area (Å²) >= 11 is 1.54. The smallest absolute Gasteiger partial charge is 0.268 e. The van der Waals surface area contributed by atoms with Crippen LogP contribution in [0.4, 0.5) is 10.1 Å². The van der Waals surface area contributed by atoms with Crippen molar-refractivity contribution in [3.8, 4) is 16.2 Å². The first-order valence-corrected chi connectivity index (χ1v) is 30.5. The zero-order chi connectivity index (χ0) is 59.1. The van der Waals surface area contributed by atoms with Crippen molar-refractivity contribution in [2.45, 2.75) is 173 Å². The summed E-state index contributed by atoms with van der Waals surface area (Å²) in [4.78, 5) is 90.3. The largest absolute Gasteiger partial charge is 0.493 e. The summed E-state index contributed by atoms with van der Waals surface area (Å²) in [5, 5.41) is 22.4. The number of fused-ring (bicyclic) bond motifs is 2. The number of benzene rings is 3. The van der Waals surface area contributed by atoms with Gasteiger partial charge in [0.05, 0.1) is 34.3 Å². The number of aliphatic hydroxyl groups is 1. The normalized spacial score (nSPS) is 18.1. The average molecular weight is 1160 g/mol. The Morgan fingerprint density at radius 3 is 2.19 bits per heavy atom. The maximum atomic E-state index is 14.7. The van der Waals surface area contributed by atoms with E-state index in [9.17, 15) is 38.3 Å². The molecule has 2 aliphatic carbocycles. The molecule has 3 aromatic carbocycles. The molecular formula is C64H82FN9O8S. The van der Waals surface area contributed by atoms with Gasteiger partial charge < -0.3 is 45.5 Å². The summed E-state index contributed by atoms with van der Waals surface area (Å²) in [6, 6.07) is 23.4. The van der Waals surface area contributed by atoms with Crippen LogP contribution in [-0.2, 0) is 50.9 Å². The molecule has 3 atom stereocenters. The highest BCUT2D eigenvalue weighted by Gasteiger charge is 2.54. The molecule has 5 aromatic rings. The van der Waals surface area contributed by atoms with Gasteiger partial charge in [-0.25, -0.2) is 9.37 Å².